The quantitative estimate of drug-likeness (QED) is 0.600. The molecule has 0 bridgehead atoms. The summed E-state index contributed by atoms with van der Waals surface area (Å²) in [6, 6.07) is 1.76. The lowest BCUT2D eigenvalue weighted by atomic mass is 9.93. The molecule has 23 heavy (non-hydrogen) atoms. The molecule has 0 saturated carbocycles. The highest BCUT2D eigenvalue weighted by atomic mass is 16.5. The van der Waals surface area contributed by atoms with Crippen molar-refractivity contribution in [2.24, 2.45) is 0 Å². The first kappa shape index (κ1) is 19.7. The number of carbonyl (C=O) groups is 1. The predicted molar refractivity (Wildman–Crippen MR) is 92.6 cm³/mol. The van der Waals surface area contributed by atoms with Gasteiger partial charge >= 0.3 is 0 Å². The molecule has 0 aliphatic rings. The molecule has 0 fully saturated rings. The average molecular weight is 324 g/mol. The number of hydrogen-bond acceptors (Lipinski definition) is 4. The highest BCUT2D eigenvalue weighted by molar-refractivity contribution is 5.90. The molecule has 1 amide bonds. The van der Waals surface area contributed by atoms with Gasteiger partial charge < -0.3 is 14.6 Å². The number of hydrogen-bond donors (Lipinski definition) is 1. The van der Waals surface area contributed by atoms with E-state index >= 15 is 0 Å². The van der Waals surface area contributed by atoms with Gasteiger partial charge in [-0.25, -0.2) is 0 Å². The van der Waals surface area contributed by atoms with Crippen molar-refractivity contribution in [2.75, 3.05) is 18.5 Å². The van der Waals surface area contributed by atoms with Gasteiger partial charge in [-0.1, -0.05) is 71.4 Å². The van der Waals surface area contributed by atoms with Crippen LogP contribution in [0.2, 0.25) is 0 Å². The number of amides is 1. The van der Waals surface area contributed by atoms with Gasteiger partial charge in [0.05, 0.1) is 0 Å². The molecule has 1 aromatic heterocycles. The summed E-state index contributed by atoms with van der Waals surface area (Å²) in [5.41, 5.74) is -0.121. The second kappa shape index (κ2) is 10.4. The largest absolute Gasteiger partial charge is 0.372 e. The lowest BCUT2D eigenvalue weighted by Crippen LogP contribution is -2.18. The fraction of sp³-hybridized carbons (Fsp3) is 0.778. The third kappa shape index (κ3) is 8.74. The Morgan fingerprint density at radius 1 is 1.17 bits per heavy atom. The van der Waals surface area contributed by atoms with Crippen LogP contribution in [0.25, 0.3) is 0 Å². The van der Waals surface area contributed by atoms with Gasteiger partial charge in [0.15, 0.2) is 5.82 Å². The van der Waals surface area contributed by atoms with Crippen molar-refractivity contribution in [3.05, 3.63) is 11.8 Å². The van der Waals surface area contributed by atoms with Crippen LogP contribution in [0.3, 0.4) is 0 Å². The average Bonchev–Trinajstić information content (AvgIpc) is 2.94. The number of anilines is 1. The van der Waals surface area contributed by atoms with Gasteiger partial charge in [0.2, 0.25) is 0 Å². The van der Waals surface area contributed by atoms with Crippen LogP contribution in [-0.2, 0) is 14.9 Å². The lowest BCUT2D eigenvalue weighted by Gasteiger charge is -2.12. The molecule has 1 rings (SSSR count). The van der Waals surface area contributed by atoms with Gasteiger partial charge in [-0.15, -0.1) is 0 Å². The zero-order chi connectivity index (χ0) is 17.1. The minimum Gasteiger partial charge on any atom is -0.372 e. The molecular weight excluding hydrogens is 292 g/mol. The molecule has 0 aliphatic heterocycles. The van der Waals surface area contributed by atoms with E-state index in [1.807, 2.05) is 20.8 Å². The van der Waals surface area contributed by atoms with Crippen molar-refractivity contribution >= 4 is 11.7 Å². The molecule has 0 saturated heterocycles. The van der Waals surface area contributed by atoms with Crippen LogP contribution in [0.4, 0.5) is 5.82 Å². The van der Waals surface area contributed by atoms with E-state index in [-0.39, 0.29) is 17.9 Å². The summed E-state index contributed by atoms with van der Waals surface area (Å²) >= 11 is 0. The van der Waals surface area contributed by atoms with Gasteiger partial charge in [-0.05, 0) is 6.42 Å². The van der Waals surface area contributed by atoms with E-state index in [0.29, 0.717) is 12.4 Å². The Kier molecular flexibility index (Phi) is 8.92. The third-order valence-electron chi connectivity index (χ3n) is 3.64. The molecule has 0 spiro atoms. The fourth-order valence-electron chi connectivity index (χ4n) is 2.19. The van der Waals surface area contributed by atoms with E-state index in [2.05, 4.69) is 17.4 Å². The minimum atomic E-state index is -0.193. The van der Waals surface area contributed by atoms with Crippen molar-refractivity contribution < 1.29 is 14.1 Å². The van der Waals surface area contributed by atoms with Crippen molar-refractivity contribution in [3.8, 4) is 0 Å². The second-order valence-electron chi connectivity index (χ2n) is 7.05. The van der Waals surface area contributed by atoms with Crippen molar-refractivity contribution in [3.63, 3.8) is 0 Å². The van der Waals surface area contributed by atoms with Crippen molar-refractivity contribution in [1.82, 2.24) is 5.16 Å². The third-order valence-corrected chi connectivity index (χ3v) is 3.64. The molecule has 0 aliphatic carbocycles. The smallest absolute Gasteiger partial charge is 0.251 e. The summed E-state index contributed by atoms with van der Waals surface area (Å²) in [5, 5.41) is 6.54. The van der Waals surface area contributed by atoms with Crippen LogP contribution in [0, 0.1) is 0 Å². The molecule has 1 N–H and O–H groups in total. The number of carbonyl (C=O) groups excluding carboxylic acids is 1. The monoisotopic (exact) mass is 324 g/mol. The van der Waals surface area contributed by atoms with Gasteiger partial charge in [-0.3, -0.25) is 4.79 Å². The van der Waals surface area contributed by atoms with Gasteiger partial charge in [-0.2, -0.15) is 0 Å². The number of nitrogens with zero attached hydrogens (tertiary/aromatic N) is 1. The Hall–Kier alpha value is -1.36. The summed E-state index contributed by atoms with van der Waals surface area (Å²) in [6.07, 6.45) is 8.67. The summed E-state index contributed by atoms with van der Waals surface area (Å²) in [4.78, 5) is 11.8. The Morgan fingerprint density at radius 2 is 1.83 bits per heavy atom. The maximum atomic E-state index is 11.8. The first-order valence-electron chi connectivity index (χ1n) is 8.78. The van der Waals surface area contributed by atoms with Gasteiger partial charge in [0.1, 0.15) is 12.4 Å². The van der Waals surface area contributed by atoms with Crippen LogP contribution in [0.15, 0.2) is 10.6 Å². The Labute approximate surface area is 140 Å². The van der Waals surface area contributed by atoms with Crippen LogP contribution < -0.4 is 5.32 Å². The maximum absolute atomic E-state index is 11.8. The molecule has 5 nitrogen and oxygen atoms in total. The topological polar surface area (TPSA) is 64.4 Å². The lowest BCUT2D eigenvalue weighted by molar-refractivity contribution is -0.120. The van der Waals surface area contributed by atoms with E-state index in [0.717, 1.165) is 12.2 Å². The summed E-state index contributed by atoms with van der Waals surface area (Å²) in [7, 11) is 0. The maximum Gasteiger partial charge on any atom is 0.251 e. The molecule has 5 heteroatoms. The Bertz CT molecular complexity index is 449. The van der Waals surface area contributed by atoms with Gasteiger partial charge in [0.25, 0.3) is 5.91 Å². The first-order valence-corrected chi connectivity index (χ1v) is 8.78. The number of ether oxygens (including phenoxy) is 1. The molecule has 1 heterocycles. The van der Waals surface area contributed by atoms with E-state index in [9.17, 15) is 4.79 Å². The van der Waals surface area contributed by atoms with Crippen LogP contribution in [0.5, 0.6) is 0 Å². The van der Waals surface area contributed by atoms with Crippen LogP contribution in [0.1, 0.15) is 78.4 Å². The SMILES string of the molecule is CCCCCCCCCOCC(=O)Nc1cc(C(C)(C)C)on1. The molecule has 0 unspecified atom stereocenters. The zero-order valence-electron chi connectivity index (χ0n) is 15.1. The first-order chi connectivity index (χ1) is 10.9. The summed E-state index contributed by atoms with van der Waals surface area (Å²) in [6.45, 7) is 9.02. The normalized spacial score (nSPS) is 11.7. The van der Waals surface area contributed by atoms with E-state index < -0.39 is 0 Å². The standard InChI is InChI=1S/C18H32N2O3/c1-5-6-7-8-9-10-11-12-22-14-17(21)19-16-13-15(23-20-16)18(2,3)4/h13H,5-12,14H2,1-4H3,(H,19,20,21). The van der Waals surface area contributed by atoms with Crippen molar-refractivity contribution in [2.45, 2.75) is 78.1 Å². The molecule has 0 radical (unpaired) electrons. The van der Waals surface area contributed by atoms with E-state index in [1.54, 1.807) is 6.07 Å². The number of unbranched alkanes of at least 4 members (excludes halogenated alkanes) is 6. The van der Waals surface area contributed by atoms with Crippen LogP contribution >= 0.6 is 0 Å². The molecule has 0 aromatic carbocycles. The highest BCUT2D eigenvalue weighted by Gasteiger charge is 2.20. The molecular formula is C18H32N2O3. The molecule has 1 aromatic rings. The predicted octanol–water partition coefficient (Wildman–Crippen LogP) is 4.68. The summed E-state index contributed by atoms with van der Waals surface area (Å²) < 4.78 is 10.6. The second-order valence-corrected chi connectivity index (χ2v) is 7.05. The van der Waals surface area contributed by atoms with Crippen molar-refractivity contribution in [1.29, 1.82) is 0 Å². The fourth-order valence-corrected chi connectivity index (χ4v) is 2.19. The number of rotatable bonds is 11. The zero-order valence-corrected chi connectivity index (χ0v) is 15.1. The minimum absolute atomic E-state index is 0.0630. The summed E-state index contributed by atoms with van der Waals surface area (Å²) in [5.74, 6) is 0.998. The van der Waals surface area contributed by atoms with Crippen LogP contribution in [-0.4, -0.2) is 24.3 Å². The number of nitrogens with one attached hydrogen (secondary N) is 1. The Morgan fingerprint density at radius 3 is 2.43 bits per heavy atom. The van der Waals surface area contributed by atoms with E-state index in [4.69, 9.17) is 9.26 Å². The number of aromatic nitrogens is 1. The molecule has 132 valence electrons. The van der Waals surface area contributed by atoms with E-state index in [1.165, 1.54) is 38.5 Å². The molecule has 0 atom stereocenters. The Balaban J connectivity index is 2.07. The van der Waals surface area contributed by atoms with Gasteiger partial charge in [0, 0.05) is 18.1 Å². The highest BCUT2D eigenvalue weighted by Crippen LogP contribution is 2.24.